The molecule has 0 radical (unpaired) electrons. The molecule has 0 saturated heterocycles. The molecule has 6 nitrogen and oxygen atoms in total. The second-order valence-corrected chi connectivity index (χ2v) is 5.46. The minimum atomic E-state index is -0.356. The van der Waals surface area contributed by atoms with Crippen molar-refractivity contribution < 1.29 is 9.53 Å². The van der Waals surface area contributed by atoms with Gasteiger partial charge >= 0.3 is 0 Å². The lowest BCUT2D eigenvalue weighted by atomic mass is 10.2. The number of guanidine groups is 1. The molecule has 6 heteroatoms. The third-order valence-electron chi connectivity index (χ3n) is 3.74. The summed E-state index contributed by atoms with van der Waals surface area (Å²) in [6.45, 7) is 0.482. The summed E-state index contributed by atoms with van der Waals surface area (Å²) in [5.41, 5.74) is 7.63. The molecule has 0 fully saturated rings. The second-order valence-electron chi connectivity index (χ2n) is 5.46. The predicted molar refractivity (Wildman–Crippen MR) is 93.1 cm³/mol. The van der Waals surface area contributed by atoms with E-state index >= 15 is 0 Å². The molecular formula is C18H18N4O2. The van der Waals surface area contributed by atoms with Crippen LogP contribution in [0.5, 0.6) is 5.75 Å². The van der Waals surface area contributed by atoms with Gasteiger partial charge in [0.05, 0.1) is 0 Å². The smallest absolute Gasteiger partial charge is 0.276 e. The Balaban J connectivity index is 1.79. The standard InChI is InChI=1S/C18H18N4O2/c1-22(18(19)20)17(23)16-10-13-9-14(7-8-15(13)21-16)24-11-12-5-3-2-4-6-12/h2-10,21H,11H2,1H3,(H3,19,20). The first-order chi connectivity index (χ1) is 11.5. The summed E-state index contributed by atoms with van der Waals surface area (Å²) >= 11 is 0. The van der Waals surface area contributed by atoms with E-state index in [-0.39, 0.29) is 11.9 Å². The average Bonchev–Trinajstić information content (AvgIpc) is 3.02. The molecule has 1 heterocycles. The number of nitrogens with zero attached hydrogens (tertiary/aromatic N) is 1. The van der Waals surface area contributed by atoms with Crippen molar-refractivity contribution in [1.29, 1.82) is 5.41 Å². The maximum atomic E-state index is 12.2. The SMILES string of the molecule is CN(C(=N)N)C(=O)c1cc2cc(OCc3ccccc3)ccc2[nH]1. The van der Waals surface area contributed by atoms with Crippen LogP contribution in [0.15, 0.2) is 54.6 Å². The van der Waals surface area contributed by atoms with E-state index in [1.165, 1.54) is 7.05 Å². The Morgan fingerprint density at radius 1 is 1.21 bits per heavy atom. The van der Waals surface area contributed by atoms with Gasteiger partial charge in [-0.1, -0.05) is 30.3 Å². The number of ether oxygens (including phenoxy) is 1. The fraction of sp³-hybridized carbons (Fsp3) is 0.111. The first kappa shape index (κ1) is 15.6. The summed E-state index contributed by atoms with van der Waals surface area (Å²) in [6.07, 6.45) is 0. The Kier molecular flexibility index (Phi) is 4.20. The van der Waals surface area contributed by atoms with Crippen LogP contribution in [0.2, 0.25) is 0 Å². The van der Waals surface area contributed by atoms with Gasteiger partial charge in [-0.05, 0) is 29.8 Å². The molecule has 1 amide bonds. The number of hydrogen-bond donors (Lipinski definition) is 3. The Bertz CT molecular complexity index is 886. The molecule has 0 unspecified atom stereocenters. The molecule has 4 N–H and O–H groups in total. The van der Waals surface area contributed by atoms with Crippen LogP contribution in [-0.2, 0) is 6.61 Å². The maximum Gasteiger partial charge on any atom is 0.276 e. The van der Waals surface area contributed by atoms with E-state index in [4.69, 9.17) is 15.9 Å². The van der Waals surface area contributed by atoms with E-state index in [2.05, 4.69) is 4.98 Å². The second kappa shape index (κ2) is 6.45. The third kappa shape index (κ3) is 3.22. The summed E-state index contributed by atoms with van der Waals surface area (Å²) in [4.78, 5) is 16.3. The summed E-state index contributed by atoms with van der Waals surface area (Å²) in [5.74, 6) is 0.0697. The highest BCUT2D eigenvalue weighted by Gasteiger charge is 2.16. The average molecular weight is 322 g/mol. The molecule has 122 valence electrons. The van der Waals surface area contributed by atoms with Gasteiger partial charge in [0.25, 0.3) is 5.91 Å². The molecule has 2 aromatic carbocycles. The number of hydrogen-bond acceptors (Lipinski definition) is 3. The fourth-order valence-electron chi connectivity index (χ4n) is 2.35. The number of carbonyl (C=O) groups is 1. The molecule has 24 heavy (non-hydrogen) atoms. The van der Waals surface area contributed by atoms with Crippen molar-refractivity contribution in [2.75, 3.05) is 7.05 Å². The normalized spacial score (nSPS) is 10.5. The molecule has 0 saturated carbocycles. The Labute approximate surface area is 139 Å². The highest BCUT2D eigenvalue weighted by molar-refractivity contribution is 6.05. The number of rotatable bonds is 4. The van der Waals surface area contributed by atoms with Crippen molar-refractivity contribution in [2.45, 2.75) is 6.61 Å². The Morgan fingerprint density at radius 3 is 2.67 bits per heavy atom. The van der Waals surface area contributed by atoms with Crippen LogP contribution in [0.25, 0.3) is 10.9 Å². The van der Waals surface area contributed by atoms with Gasteiger partial charge in [-0.25, -0.2) is 0 Å². The van der Waals surface area contributed by atoms with Crippen LogP contribution in [0.4, 0.5) is 0 Å². The van der Waals surface area contributed by atoms with Crippen LogP contribution >= 0.6 is 0 Å². The first-order valence-electron chi connectivity index (χ1n) is 7.46. The van der Waals surface area contributed by atoms with E-state index in [0.29, 0.717) is 12.3 Å². The van der Waals surface area contributed by atoms with Gasteiger partial charge in [0, 0.05) is 18.0 Å². The molecule has 0 aliphatic heterocycles. The van der Waals surface area contributed by atoms with Gasteiger partial charge in [0.1, 0.15) is 18.1 Å². The number of H-pyrrole nitrogens is 1. The highest BCUT2D eigenvalue weighted by atomic mass is 16.5. The van der Waals surface area contributed by atoms with Crippen LogP contribution < -0.4 is 10.5 Å². The number of aromatic amines is 1. The van der Waals surface area contributed by atoms with Crippen molar-refractivity contribution in [2.24, 2.45) is 5.73 Å². The molecule has 0 aliphatic carbocycles. The van der Waals surface area contributed by atoms with Crippen LogP contribution in [0, 0.1) is 5.41 Å². The van der Waals surface area contributed by atoms with Crippen molar-refractivity contribution in [1.82, 2.24) is 9.88 Å². The molecule has 0 aliphatic rings. The molecule has 0 bridgehead atoms. The summed E-state index contributed by atoms with van der Waals surface area (Å²) in [6, 6.07) is 17.2. The van der Waals surface area contributed by atoms with E-state index in [1.54, 1.807) is 6.07 Å². The number of fused-ring (bicyclic) bond motifs is 1. The number of benzene rings is 2. The van der Waals surface area contributed by atoms with Crippen molar-refractivity contribution >= 4 is 22.8 Å². The van der Waals surface area contributed by atoms with E-state index < -0.39 is 0 Å². The quantitative estimate of drug-likeness (QED) is 0.509. The molecule has 1 aromatic heterocycles. The minimum Gasteiger partial charge on any atom is -0.489 e. The highest BCUT2D eigenvalue weighted by Crippen LogP contribution is 2.23. The summed E-state index contributed by atoms with van der Waals surface area (Å²) in [5, 5.41) is 8.20. The lowest BCUT2D eigenvalue weighted by molar-refractivity contribution is 0.0864. The number of nitrogens with two attached hydrogens (primary N) is 1. The van der Waals surface area contributed by atoms with Crippen LogP contribution in [0.1, 0.15) is 16.1 Å². The lowest BCUT2D eigenvalue weighted by Crippen LogP contribution is -2.38. The molecular weight excluding hydrogens is 304 g/mol. The molecule has 0 spiro atoms. The van der Waals surface area contributed by atoms with Crippen LogP contribution in [-0.4, -0.2) is 28.8 Å². The topological polar surface area (TPSA) is 95.2 Å². The number of carbonyl (C=O) groups excluding carboxylic acids is 1. The van der Waals surface area contributed by atoms with E-state index in [0.717, 1.165) is 27.1 Å². The monoisotopic (exact) mass is 322 g/mol. The molecule has 3 rings (SSSR count). The van der Waals surface area contributed by atoms with Gasteiger partial charge in [0.15, 0.2) is 5.96 Å². The summed E-state index contributed by atoms with van der Waals surface area (Å²) in [7, 11) is 1.46. The zero-order chi connectivity index (χ0) is 17.1. The minimum absolute atomic E-state index is 0.300. The van der Waals surface area contributed by atoms with E-state index in [9.17, 15) is 4.79 Å². The number of aromatic nitrogens is 1. The van der Waals surface area contributed by atoms with Crippen LogP contribution in [0.3, 0.4) is 0 Å². The lowest BCUT2D eigenvalue weighted by Gasteiger charge is -2.12. The molecule has 3 aromatic rings. The van der Waals surface area contributed by atoms with Crippen molar-refractivity contribution in [3.63, 3.8) is 0 Å². The van der Waals surface area contributed by atoms with Gasteiger partial charge in [-0.3, -0.25) is 15.1 Å². The van der Waals surface area contributed by atoms with Gasteiger partial charge in [0.2, 0.25) is 0 Å². The predicted octanol–water partition coefficient (Wildman–Crippen LogP) is 2.71. The number of nitrogens with one attached hydrogen (secondary N) is 2. The van der Waals surface area contributed by atoms with Crippen molar-refractivity contribution in [3.05, 3.63) is 65.9 Å². The van der Waals surface area contributed by atoms with Gasteiger partial charge in [-0.2, -0.15) is 0 Å². The zero-order valence-electron chi connectivity index (χ0n) is 13.2. The summed E-state index contributed by atoms with van der Waals surface area (Å²) < 4.78 is 5.79. The maximum absolute atomic E-state index is 12.2. The van der Waals surface area contributed by atoms with Crippen molar-refractivity contribution in [3.8, 4) is 5.75 Å². The zero-order valence-corrected chi connectivity index (χ0v) is 13.2. The van der Waals surface area contributed by atoms with Gasteiger partial charge in [-0.15, -0.1) is 0 Å². The first-order valence-corrected chi connectivity index (χ1v) is 7.46. The largest absolute Gasteiger partial charge is 0.489 e. The number of amides is 1. The molecule has 0 atom stereocenters. The van der Waals surface area contributed by atoms with Gasteiger partial charge < -0.3 is 15.5 Å². The Morgan fingerprint density at radius 2 is 1.96 bits per heavy atom. The third-order valence-corrected chi connectivity index (χ3v) is 3.74. The van der Waals surface area contributed by atoms with E-state index in [1.807, 2.05) is 48.5 Å². The Hall–Kier alpha value is -3.28. The fourth-order valence-corrected chi connectivity index (χ4v) is 2.35.